The summed E-state index contributed by atoms with van der Waals surface area (Å²) in [5.41, 5.74) is 1.78. The molecule has 0 radical (unpaired) electrons. The predicted molar refractivity (Wildman–Crippen MR) is 109 cm³/mol. The summed E-state index contributed by atoms with van der Waals surface area (Å²) in [6.45, 7) is 2.08. The minimum Gasteiger partial charge on any atom is -0.407 e. The Bertz CT molecular complexity index is 1040. The smallest absolute Gasteiger partial charge is 0.407 e. The van der Waals surface area contributed by atoms with Crippen molar-refractivity contribution in [1.82, 2.24) is 25.2 Å². The Kier molecular flexibility index (Phi) is 6.86. The molecule has 0 unspecified atom stereocenters. The molecule has 0 aliphatic rings. The summed E-state index contributed by atoms with van der Waals surface area (Å²) in [5.74, 6) is -0.0816. The molecule has 0 fully saturated rings. The van der Waals surface area contributed by atoms with Crippen molar-refractivity contribution in [2.75, 3.05) is 12.4 Å². The van der Waals surface area contributed by atoms with Gasteiger partial charge in [0, 0.05) is 19.0 Å². The van der Waals surface area contributed by atoms with Crippen LogP contribution in [0.5, 0.6) is 5.75 Å². The fourth-order valence-corrected chi connectivity index (χ4v) is 3.06. The largest absolute Gasteiger partial charge is 0.415 e. The molecule has 0 aliphatic carbocycles. The predicted octanol–water partition coefficient (Wildman–Crippen LogP) is 3.33. The minimum absolute atomic E-state index is 0.180. The zero-order valence-corrected chi connectivity index (χ0v) is 17.1. The maximum atomic E-state index is 13.2. The Morgan fingerprint density at radius 2 is 2.17 bits per heavy atom. The highest BCUT2D eigenvalue weighted by Crippen LogP contribution is 2.18. The summed E-state index contributed by atoms with van der Waals surface area (Å²) in [4.78, 5) is 37.6. The van der Waals surface area contributed by atoms with Gasteiger partial charge in [-0.3, -0.25) is 5.32 Å². The molecule has 30 heavy (non-hydrogen) atoms. The lowest BCUT2D eigenvalue weighted by molar-refractivity contribution is 0.159. The second kappa shape index (κ2) is 9.74. The number of hydrogen-bond acceptors (Lipinski definition) is 7. The SMILES string of the molecule is Cc1ncncc1OC(=O)N(C)Cc1csc(NC(=O)NCc2cccc(F)c2)n1. The Morgan fingerprint density at radius 3 is 2.93 bits per heavy atom. The number of hydrogen-bond donors (Lipinski definition) is 2. The highest BCUT2D eigenvalue weighted by atomic mass is 32.1. The third-order valence-electron chi connectivity index (χ3n) is 3.89. The number of aryl methyl sites for hydroxylation is 1. The van der Waals surface area contributed by atoms with Crippen molar-refractivity contribution in [2.24, 2.45) is 0 Å². The maximum Gasteiger partial charge on any atom is 0.415 e. The van der Waals surface area contributed by atoms with Crippen LogP contribution in [-0.2, 0) is 13.1 Å². The van der Waals surface area contributed by atoms with Crippen molar-refractivity contribution >= 4 is 28.6 Å². The van der Waals surface area contributed by atoms with Gasteiger partial charge in [0.05, 0.1) is 24.1 Å². The maximum absolute atomic E-state index is 13.2. The number of aromatic nitrogens is 3. The van der Waals surface area contributed by atoms with Crippen LogP contribution in [0.15, 0.2) is 42.2 Å². The summed E-state index contributed by atoms with van der Waals surface area (Å²) in [6, 6.07) is 5.50. The number of benzene rings is 1. The van der Waals surface area contributed by atoms with E-state index in [-0.39, 0.29) is 24.7 Å². The Hall–Kier alpha value is -3.60. The van der Waals surface area contributed by atoms with E-state index in [1.807, 2.05) is 0 Å². The molecule has 2 aromatic heterocycles. The van der Waals surface area contributed by atoms with E-state index in [9.17, 15) is 14.0 Å². The van der Waals surface area contributed by atoms with Crippen molar-refractivity contribution in [3.63, 3.8) is 0 Å². The number of nitrogens with one attached hydrogen (secondary N) is 2. The summed E-state index contributed by atoms with van der Waals surface area (Å²) >= 11 is 1.22. The molecule has 0 bridgehead atoms. The van der Waals surface area contributed by atoms with E-state index in [0.29, 0.717) is 22.1 Å². The van der Waals surface area contributed by atoms with Gasteiger partial charge < -0.3 is 15.0 Å². The van der Waals surface area contributed by atoms with Crippen LogP contribution in [0, 0.1) is 12.7 Å². The lowest BCUT2D eigenvalue weighted by Crippen LogP contribution is -2.30. The van der Waals surface area contributed by atoms with Crippen molar-refractivity contribution in [3.05, 3.63) is 64.9 Å². The molecule has 1 aromatic carbocycles. The molecule has 0 aliphatic heterocycles. The van der Waals surface area contributed by atoms with Crippen molar-refractivity contribution < 1.29 is 18.7 Å². The average molecular weight is 430 g/mol. The van der Waals surface area contributed by atoms with Crippen LogP contribution < -0.4 is 15.4 Å². The van der Waals surface area contributed by atoms with E-state index < -0.39 is 12.1 Å². The zero-order chi connectivity index (χ0) is 21.5. The van der Waals surface area contributed by atoms with Gasteiger partial charge in [0.1, 0.15) is 12.1 Å². The number of halogens is 1. The van der Waals surface area contributed by atoms with Crippen molar-refractivity contribution in [2.45, 2.75) is 20.0 Å². The fraction of sp³-hybridized carbons (Fsp3) is 0.211. The van der Waals surface area contributed by atoms with Crippen LogP contribution in [0.25, 0.3) is 0 Å². The fourth-order valence-electron chi connectivity index (χ4n) is 2.37. The van der Waals surface area contributed by atoms with E-state index in [0.717, 1.165) is 0 Å². The van der Waals surface area contributed by atoms with Gasteiger partial charge in [-0.15, -0.1) is 11.3 Å². The number of ether oxygens (including phenoxy) is 1. The molecular weight excluding hydrogens is 411 g/mol. The van der Waals surface area contributed by atoms with Crippen LogP contribution in [0.3, 0.4) is 0 Å². The standard InChI is InChI=1S/C19H19FN6O3S/c1-12-16(8-21-11-23-12)29-19(28)26(2)9-15-10-30-18(24-15)25-17(27)22-7-13-4-3-5-14(20)6-13/h3-6,8,10-11H,7,9H2,1-2H3,(H2,22,24,25,27). The first-order valence-corrected chi connectivity index (χ1v) is 9.72. The Balaban J connectivity index is 1.48. The topological polar surface area (TPSA) is 109 Å². The lowest BCUT2D eigenvalue weighted by atomic mass is 10.2. The van der Waals surface area contributed by atoms with Gasteiger partial charge in [0.15, 0.2) is 10.9 Å². The van der Waals surface area contributed by atoms with Gasteiger partial charge in [-0.25, -0.2) is 28.9 Å². The number of anilines is 1. The van der Waals surface area contributed by atoms with Crippen LogP contribution in [0.2, 0.25) is 0 Å². The summed E-state index contributed by atoms with van der Waals surface area (Å²) in [5, 5.41) is 7.33. The second-order valence-electron chi connectivity index (χ2n) is 6.28. The van der Waals surface area contributed by atoms with Crippen molar-refractivity contribution in [1.29, 1.82) is 0 Å². The molecule has 0 saturated carbocycles. The lowest BCUT2D eigenvalue weighted by Gasteiger charge is -2.15. The van der Waals surface area contributed by atoms with Gasteiger partial charge in [-0.2, -0.15) is 0 Å². The number of carbonyl (C=O) groups excluding carboxylic acids is 2. The van der Waals surface area contributed by atoms with E-state index in [4.69, 9.17) is 4.74 Å². The van der Waals surface area contributed by atoms with E-state index in [1.54, 1.807) is 31.5 Å². The molecule has 156 valence electrons. The highest BCUT2D eigenvalue weighted by Gasteiger charge is 2.16. The molecule has 3 rings (SSSR count). The number of amides is 3. The first kappa shape index (κ1) is 21.1. The van der Waals surface area contributed by atoms with Gasteiger partial charge in [-0.1, -0.05) is 12.1 Å². The number of thiazole rings is 1. The van der Waals surface area contributed by atoms with Gasteiger partial charge in [-0.05, 0) is 24.6 Å². The molecule has 0 saturated heterocycles. The average Bonchev–Trinajstić information content (AvgIpc) is 3.14. The monoisotopic (exact) mass is 430 g/mol. The second-order valence-corrected chi connectivity index (χ2v) is 7.14. The van der Waals surface area contributed by atoms with Crippen molar-refractivity contribution in [3.8, 4) is 5.75 Å². The number of rotatable bonds is 6. The number of carbonyl (C=O) groups is 2. The molecule has 11 heteroatoms. The molecule has 2 N–H and O–H groups in total. The minimum atomic E-state index is -0.580. The van der Waals surface area contributed by atoms with Gasteiger partial charge in [0.25, 0.3) is 0 Å². The van der Waals surface area contributed by atoms with E-state index in [2.05, 4.69) is 25.6 Å². The summed E-state index contributed by atoms with van der Waals surface area (Å²) < 4.78 is 18.4. The molecule has 3 aromatic rings. The number of urea groups is 1. The third kappa shape index (κ3) is 5.95. The molecule has 9 nitrogen and oxygen atoms in total. The third-order valence-corrected chi connectivity index (χ3v) is 4.70. The van der Waals surface area contributed by atoms with E-state index in [1.165, 1.54) is 40.9 Å². The van der Waals surface area contributed by atoms with Gasteiger partial charge >= 0.3 is 12.1 Å². The summed E-state index contributed by atoms with van der Waals surface area (Å²) in [7, 11) is 1.57. The Labute approximate surface area is 175 Å². The molecular formula is C19H19FN6O3S. The Morgan fingerprint density at radius 1 is 1.33 bits per heavy atom. The molecule has 2 heterocycles. The number of nitrogens with zero attached hydrogens (tertiary/aromatic N) is 4. The highest BCUT2D eigenvalue weighted by molar-refractivity contribution is 7.13. The quantitative estimate of drug-likeness (QED) is 0.621. The molecule has 0 spiro atoms. The zero-order valence-electron chi connectivity index (χ0n) is 16.3. The first-order valence-electron chi connectivity index (χ1n) is 8.84. The van der Waals surface area contributed by atoms with Crippen LogP contribution in [0.4, 0.5) is 19.1 Å². The van der Waals surface area contributed by atoms with Crippen LogP contribution in [0.1, 0.15) is 17.0 Å². The first-order chi connectivity index (χ1) is 14.4. The van der Waals surface area contributed by atoms with E-state index >= 15 is 0 Å². The summed E-state index contributed by atoms with van der Waals surface area (Å²) in [6.07, 6.45) is 2.21. The molecule has 0 atom stereocenters. The molecule has 3 amide bonds. The van der Waals surface area contributed by atoms with Crippen LogP contribution >= 0.6 is 11.3 Å². The van der Waals surface area contributed by atoms with Crippen LogP contribution in [-0.4, -0.2) is 39.0 Å². The van der Waals surface area contributed by atoms with Gasteiger partial charge in [0.2, 0.25) is 0 Å². The normalized spacial score (nSPS) is 10.4.